The van der Waals surface area contributed by atoms with Gasteiger partial charge in [-0.25, -0.2) is 0 Å². The number of amides is 1. The summed E-state index contributed by atoms with van der Waals surface area (Å²) < 4.78 is 5.15. The van der Waals surface area contributed by atoms with E-state index in [1.54, 1.807) is 19.2 Å². The first-order chi connectivity index (χ1) is 9.15. The van der Waals surface area contributed by atoms with Gasteiger partial charge < -0.3 is 14.7 Å². The molecule has 4 heteroatoms. The highest BCUT2D eigenvalue weighted by Gasteiger charge is 2.29. The molecule has 4 nitrogen and oxygen atoms in total. The number of methoxy groups -OCH3 is 1. The highest BCUT2D eigenvalue weighted by atomic mass is 16.5. The van der Waals surface area contributed by atoms with Crippen molar-refractivity contribution in [3.8, 4) is 5.75 Å². The van der Waals surface area contributed by atoms with Crippen molar-refractivity contribution < 1.29 is 14.6 Å². The van der Waals surface area contributed by atoms with E-state index in [4.69, 9.17) is 4.74 Å². The normalized spacial score (nSPS) is 23.2. The number of ether oxygens (including phenoxy) is 1. The SMILES string of the molecule is COc1cccc(C(=O)N2CC(CO)CCC2C)c1. The zero-order valence-corrected chi connectivity index (χ0v) is 11.5. The quantitative estimate of drug-likeness (QED) is 0.906. The monoisotopic (exact) mass is 263 g/mol. The maximum Gasteiger partial charge on any atom is 0.254 e. The Hall–Kier alpha value is -1.55. The molecule has 19 heavy (non-hydrogen) atoms. The Bertz CT molecular complexity index is 447. The van der Waals surface area contributed by atoms with E-state index in [1.165, 1.54) is 0 Å². The number of likely N-dealkylation sites (tertiary alicyclic amines) is 1. The Balaban J connectivity index is 2.16. The lowest BCUT2D eigenvalue weighted by atomic mass is 9.93. The number of carbonyl (C=O) groups is 1. The highest BCUT2D eigenvalue weighted by Crippen LogP contribution is 2.24. The minimum Gasteiger partial charge on any atom is -0.497 e. The molecular formula is C15H21NO3. The van der Waals surface area contributed by atoms with Crippen molar-refractivity contribution in [1.82, 2.24) is 4.90 Å². The molecule has 0 aliphatic carbocycles. The van der Waals surface area contributed by atoms with Gasteiger partial charge in [0, 0.05) is 24.8 Å². The van der Waals surface area contributed by atoms with Crippen LogP contribution in [0, 0.1) is 5.92 Å². The zero-order chi connectivity index (χ0) is 13.8. The molecule has 1 aliphatic heterocycles. The van der Waals surface area contributed by atoms with Crippen LogP contribution < -0.4 is 4.74 Å². The van der Waals surface area contributed by atoms with Crippen LogP contribution in [0.15, 0.2) is 24.3 Å². The summed E-state index contributed by atoms with van der Waals surface area (Å²) in [6.07, 6.45) is 1.93. The van der Waals surface area contributed by atoms with Crippen LogP contribution >= 0.6 is 0 Å². The summed E-state index contributed by atoms with van der Waals surface area (Å²) in [5.74, 6) is 0.907. The van der Waals surface area contributed by atoms with Gasteiger partial charge in [0.2, 0.25) is 0 Å². The smallest absolute Gasteiger partial charge is 0.254 e. The third kappa shape index (κ3) is 3.07. The number of piperidine rings is 1. The van der Waals surface area contributed by atoms with Gasteiger partial charge in [-0.05, 0) is 43.9 Å². The Morgan fingerprint density at radius 2 is 2.26 bits per heavy atom. The Morgan fingerprint density at radius 1 is 1.47 bits per heavy atom. The van der Waals surface area contributed by atoms with Crippen LogP contribution in [0.2, 0.25) is 0 Å². The summed E-state index contributed by atoms with van der Waals surface area (Å²) in [5.41, 5.74) is 0.643. The molecular weight excluding hydrogens is 242 g/mol. The van der Waals surface area contributed by atoms with E-state index in [0.717, 1.165) is 12.8 Å². The lowest BCUT2D eigenvalue weighted by Gasteiger charge is -2.37. The predicted molar refractivity (Wildman–Crippen MR) is 73.3 cm³/mol. The summed E-state index contributed by atoms with van der Waals surface area (Å²) in [4.78, 5) is 14.4. The van der Waals surface area contributed by atoms with Gasteiger partial charge in [-0.15, -0.1) is 0 Å². The second kappa shape index (κ2) is 6.06. The fourth-order valence-electron chi connectivity index (χ4n) is 2.54. The van der Waals surface area contributed by atoms with Gasteiger partial charge in [0.25, 0.3) is 5.91 Å². The fraction of sp³-hybridized carbons (Fsp3) is 0.533. The van der Waals surface area contributed by atoms with Crippen LogP contribution in [-0.4, -0.2) is 42.2 Å². The second-order valence-corrected chi connectivity index (χ2v) is 5.16. The summed E-state index contributed by atoms with van der Waals surface area (Å²) in [6, 6.07) is 7.44. The largest absolute Gasteiger partial charge is 0.497 e. The highest BCUT2D eigenvalue weighted by molar-refractivity contribution is 5.94. The maximum atomic E-state index is 12.5. The second-order valence-electron chi connectivity index (χ2n) is 5.16. The van der Waals surface area contributed by atoms with Crippen molar-refractivity contribution in [1.29, 1.82) is 0 Å². The van der Waals surface area contributed by atoms with E-state index < -0.39 is 0 Å². The van der Waals surface area contributed by atoms with E-state index in [-0.39, 0.29) is 24.5 Å². The first kappa shape index (κ1) is 13.9. The molecule has 1 saturated heterocycles. The Morgan fingerprint density at radius 3 is 2.95 bits per heavy atom. The molecule has 0 spiro atoms. The Kier molecular flexibility index (Phi) is 4.43. The molecule has 1 aromatic rings. The number of carbonyl (C=O) groups excluding carboxylic acids is 1. The molecule has 1 amide bonds. The third-order valence-corrected chi connectivity index (χ3v) is 3.82. The molecule has 1 heterocycles. The fourth-order valence-corrected chi connectivity index (χ4v) is 2.54. The van der Waals surface area contributed by atoms with Crippen LogP contribution in [0.1, 0.15) is 30.1 Å². The van der Waals surface area contributed by atoms with E-state index in [0.29, 0.717) is 17.9 Å². The van der Waals surface area contributed by atoms with Crippen molar-refractivity contribution in [2.75, 3.05) is 20.3 Å². The number of rotatable bonds is 3. The van der Waals surface area contributed by atoms with E-state index in [9.17, 15) is 9.90 Å². The molecule has 1 aromatic carbocycles. The van der Waals surface area contributed by atoms with E-state index >= 15 is 0 Å². The number of aliphatic hydroxyl groups excluding tert-OH is 1. The first-order valence-electron chi connectivity index (χ1n) is 6.71. The van der Waals surface area contributed by atoms with Gasteiger partial charge in [0.15, 0.2) is 0 Å². The standard InChI is InChI=1S/C15H21NO3/c1-11-6-7-12(10-17)9-16(11)15(18)13-4-3-5-14(8-13)19-2/h3-5,8,11-12,17H,6-7,9-10H2,1-2H3. The minimum absolute atomic E-state index is 0.0181. The number of hydrogen-bond donors (Lipinski definition) is 1. The summed E-state index contributed by atoms with van der Waals surface area (Å²) in [6.45, 7) is 2.84. The molecule has 2 unspecified atom stereocenters. The van der Waals surface area contributed by atoms with Crippen molar-refractivity contribution in [2.45, 2.75) is 25.8 Å². The molecule has 0 radical (unpaired) electrons. The van der Waals surface area contributed by atoms with Crippen LogP contribution in [-0.2, 0) is 0 Å². The molecule has 104 valence electrons. The molecule has 0 aromatic heterocycles. The number of nitrogens with zero attached hydrogens (tertiary/aromatic N) is 1. The van der Waals surface area contributed by atoms with Gasteiger partial charge in [0.1, 0.15) is 5.75 Å². The average Bonchev–Trinajstić information content (AvgIpc) is 2.47. The van der Waals surface area contributed by atoms with Gasteiger partial charge in [0.05, 0.1) is 7.11 Å². The minimum atomic E-state index is 0.0181. The topological polar surface area (TPSA) is 49.8 Å². The first-order valence-corrected chi connectivity index (χ1v) is 6.71. The zero-order valence-electron chi connectivity index (χ0n) is 11.5. The number of benzene rings is 1. The van der Waals surface area contributed by atoms with Crippen LogP contribution in [0.4, 0.5) is 0 Å². The van der Waals surface area contributed by atoms with Crippen LogP contribution in [0.5, 0.6) is 5.75 Å². The van der Waals surface area contributed by atoms with Crippen molar-refractivity contribution in [2.24, 2.45) is 5.92 Å². The molecule has 2 atom stereocenters. The van der Waals surface area contributed by atoms with Crippen molar-refractivity contribution in [3.05, 3.63) is 29.8 Å². The number of aliphatic hydroxyl groups is 1. The Labute approximate surface area is 114 Å². The van der Waals surface area contributed by atoms with Crippen molar-refractivity contribution in [3.63, 3.8) is 0 Å². The summed E-state index contributed by atoms with van der Waals surface area (Å²) >= 11 is 0. The van der Waals surface area contributed by atoms with Gasteiger partial charge in [-0.1, -0.05) is 6.07 Å². The van der Waals surface area contributed by atoms with Crippen LogP contribution in [0.3, 0.4) is 0 Å². The average molecular weight is 263 g/mol. The van der Waals surface area contributed by atoms with Gasteiger partial charge in [-0.2, -0.15) is 0 Å². The van der Waals surface area contributed by atoms with E-state index in [1.807, 2.05) is 17.0 Å². The predicted octanol–water partition coefficient (Wildman–Crippen LogP) is 1.93. The van der Waals surface area contributed by atoms with Crippen LogP contribution in [0.25, 0.3) is 0 Å². The molecule has 1 N–H and O–H groups in total. The molecule has 0 bridgehead atoms. The molecule has 0 saturated carbocycles. The van der Waals surface area contributed by atoms with Crippen molar-refractivity contribution >= 4 is 5.91 Å². The summed E-state index contributed by atoms with van der Waals surface area (Å²) in [5, 5.41) is 9.27. The van der Waals surface area contributed by atoms with E-state index in [2.05, 4.69) is 6.92 Å². The summed E-state index contributed by atoms with van der Waals surface area (Å²) in [7, 11) is 1.59. The molecule has 1 aliphatic rings. The van der Waals surface area contributed by atoms with Gasteiger partial charge in [-0.3, -0.25) is 4.79 Å². The maximum absolute atomic E-state index is 12.5. The lowest BCUT2D eigenvalue weighted by molar-refractivity contribution is 0.0488. The third-order valence-electron chi connectivity index (χ3n) is 3.82. The lowest BCUT2D eigenvalue weighted by Crippen LogP contribution is -2.46. The number of hydrogen-bond acceptors (Lipinski definition) is 3. The molecule has 2 rings (SSSR count). The molecule has 1 fully saturated rings. The van der Waals surface area contributed by atoms with Gasteiger partial charge >= 0.3 is 0 Å².